The Bertz CT molecular complexity index is 30.9. The van der Waals surface area contributed by atoms with E-state index in [1.807, 2.05) is 19.0 Å². The number of nitrogens with zero attached hydrogens (tertiary/aromatic N) is 1. The fraction of sp³-hybridized carbons (Fsp3) is 0.600. The molecule has 0 amide bonds. The third kappa shape index (κ3) is 9.63. The summed E-state index contributed by atoms with van der Waals surface area (Å²) in [4.78, 5) is 1.89. The lowest BCUT2D eigenvalue weighted by molar-refractivity contribution is 0.566. The third-order valence-electron chi connectivity index (χ3n) is 0.365. The van der Waals surface area contributed by atoms with Crippen LogP contribution >= 0.6 is 0 Å². The summed E-state index contributed by atoms with van der Waals surface area (Å²) in [5, 5.41) is 0. The molecule has 0 atom stereocenters. The highest BCUT2D eigenvalue weighted by atomic mass is 15.0. The second-order valence-electron chi connectivity index (χ2n) is 1.15. The highest BCUT2D eigenvalue weighted by Crippen LogP contribution is 1.64. The van der Waals surface area contributed by atoms with E-state index in [4.69, 9.17) is 0 Å². The maximum atomic E-state index is 3.49. The monoisotopic (exact) mass is 87.1 g/mol. The molecule has 0 heterocycles. The van der Waals surface area contributed by atoms with Crippen molar-refractivity contribution in [2.75, 3.05) is 14.1 Å². The predicted molar refractivity (Wildman–Crippen MR) is 30.6 cm³/mol. The van der Waals surface area contributed by atoms with Crippen molar-refractivity contribution < 1.29 is 0 Å². The Morgan fingerprint density at radius 3 is 1.67 bits per heavy atom. The Morgan fingerprint density at radius 2 is 1.67 bits per heavy atom. The summed E-state index contributed by atoms with van der Waals surface area (Å²) in [6.45, 7) is 3.49. The second kappa shape index (κ2) is 4.54. The molecule has 0 aliphatic heterocycles. The van der Waals surface area contributed by atoms with E-state index in [2.05, 4.69) is 6.58 Å². The van der Waals surface area contributed by atoms with E-state index in [-0.39, 0.29) is 7.43 Å². The first-order chi connectivity index (χ1) is 2.27. The van der Waals surface area contributed by atoms with Gasteiger partial charge in [0, 0.05) is 14.1 Å². The van der Waals surface area contributed by atoms with Gasteiger partial charge in [0.1, 0.15) is 0 Å². The molecular weight excluding hydrogens is 74.1 g/mol. The standard InChI is InChI=1S/C4H9N.CH4/c1-4-5(2)3;/h4H,1H2,2-3H3;1H4. The smallest absolute Gasteiger partial charge is 0.00554 e. The molecule has 6 heavy (non-hydrogen) atoms. The zero-order chi connectivity index (χ0) is 4.28. The zero-order valence-corrected chi connectivity index (χ0v) is 3.73. The molecule has 1 nitrogen and oxygen atoms in total. The first kappa shape index (κ1) is 9.11. The van der Waals surface area contributed by atoms with Crippen molar-refractivity contribution in [3.05, 3.63) is 12.8 Å². The van der Waals surface area contributed by atoms with E-state index in [9.17, 15) is 0 Å². The average molecular weight is 87.2 g/mol. The molecule has 0 N–H and O–H groups in total. The first-order valence-corrected chi connectivity index (χ1v) is 1.56. The van der Waals surface area contributed by atoms with Crippen LogP contribution in [0.4, 0.5) is 0 Å². The molecule has 0 radical (unpaired) electrons. The Labute approximate surface area is 40.3 Å². The molecule has 38 valence electrons. The van der Waals surface area contributed by atoms with Crippen LogP contribution in [0.1, 0.15) is 7.43 Å². The fourth-order valence-corrected chi connectivity index (χ4v) is 0. The van der Waals surface area contributed by atoms with Crippen molar-refractivity contribution in [1.29, 1.82) is 0 Å². The topological polar surface area (TPSA) is 3.24 Å². The average Bonchev–Trinajstić information content (AvgIpc) is 1.38. The van der Waals surface area contributed by atoms with Crippen molar-refractivity contribution in [3.8, 4) is 0 Å². The minimum atomic E-state index is 0. The van der Waals surface area contributed by atoms with E-state index >= 15 is 0 Å². The molecule has 0 bridgehead atoms. The van der Waals surface area contributed by atoms with Gasteiger partial charge in [0.25, 0.3) is 0 Å². The predicted octanol–water partition coefficient (Wildman–Crippen LogP) is 1.33. The lowest BCUT2D eigenvalue weighted by atomic mass is 10.9. The first-order valence-electron chi connectivity index (χ1n) is 1.56. The number of hydrogen-bond acceptors (Lipinski definition) is 1. The summed E-state index contributed by atoms with van der Waals surface area (Å²) in [7, 11) is 3.88. The SMILES string of the molecule is C.C=CN(C)C. The molecule has 1 heteroatoms. The van der Waals surface area contributed by atoms with Gasteiger partial charge in [-0.2, -0.15) is 0 Å². The van der Waals surface area contributed by atoms with Crippen LogP contribution in [0.15, 0.2) is 12.8 Å². The maximum Gasteiger partial charge on any atom is 0.00554 e. The maximum absolute atomic E-state index is 3.49. The van der Waals surface area contributed by atoms with Gasteiger partial charge in [-0.3, -0.25) is 0 Å². The third-order valence-corrected chi connectivity index (χ3v) is 0.365. The van der Waals surface area contributed by atoms with Crippen molar-refractivity contribution >= 4 is 0 Å². The highest BCUT2D eigenvalue weighted by Gasteiger charge is 1.61. The number of hydrogen-bond donors (Lipinski definition) is 0. The lowest BCUT2D eigenvalue weighted by Crippen LogP contribution is -1.97. The molecule has 0 unspecified atom stereocenters. The minimum absolute atomic E-state index is 0. The fourth-order valence-electron chi connectivity index (χ4n) is 0. The summed E-state index contributed by atoms with van der Waals surface area (Å²) in [5.74, 6) is 0. The van der Waals surface area contributed by atoms with Gasteiger partial charge in [-0.1, -0.05) is 14.0 Å². The van der Waals surface area contributed by atoms with Crippen LogP contribution in [0.3, 0.4) is 0 Å². The summed E-state index contributed by atoms with van der Waals surface area (Å²) in [6.07, 6.45) is 1.75. The summed E-state index contributed by atoms with van der Waals surface area (Å²) >= 11 is 0. The lowest BCUT2D eigenvalue weighted by Gasteiger charge is -1.98. The zero-order valence-electron chi connectivity index (χ0n) is 3.73. The van der Waals surface area contributed by atoms with Gasteiger partial charge in [-0.15, -0.1) is 0 Å². The molecule has 0 aliphatic carbocycles. The highest BCUT2D eigenvalue weighted by molar-refractivity contribution is 4.59. The summed E-state index contributed by atoms with van der Waals surface area (Å²) in [5.41, 5.74) is 0. The van der Waals surface area contributed by atoms with Crippen LogP contribution in [0.25, 0.3) is 0 Å². The molecule has 0 aromatic carbocycles. The molecule has 0 spiro atoms. The van der Waals surface area contributed by atoms with E-state index in [1.165, 1.54) is 0 Å². The normalized spacial score (nSPS) is 5.67. The van der Waals surface area contributed by atoms with E-state index in [0.29, 0.717) is 0 Å². The van der Waals surface area contributed by atoms with Crippen LogP contribution in [-0.2, 0) is 0 Å². The number of rotatable bonds is 1. The summed E-state index contributed by atoms with van der Waals surface area (Å²) < 4.78 is 0. The van der Waals surface area contributed by atoms with Crippen LogP contribution in [-0.4, -0.2) is 19.0 Å². The molecule has 0 saturated carbocycles. The van der Waals surface area contributed by atoms with Crippen molar-refractivity contribution in [2.45, 2.75) is 7.43 Å². The van der Waals surface area contributed by atoms with Crippen molar-refractivity contribution in [2.24, 2.45) is 0 Å². The second-order valence-corrected chi connectivity index (χ2v) is 1.15. The van der Waals surface area contributed by atoms with Crippen LogP contribution in [0.5, 0.6) is 0 Å². The largest absolute Gasteiger partial charge is 0.384 e. The van der Waals surface area contributed by atoms with Gasteiger partial charge in [0.2, 0.25) is 0 Å². The molecule has 0 aromatic heterocycles. The van der Waals surface area contributed by atoms with Gasteiger partial charge < -0.3 is 4.90 Å². The Hall–Kier alpha value is -0.460. The Kier molecular flexibility index (Phi) is 6.89. The van der Waals surface area contributed by atoms with E-state index in [1.54, 1.807) is 6.20 Å². The summed E-state index contributed by atoms with van der Waals surface area (Å²) in [6, 6.07) is 0. The van der Waals surface area contributed by atoms with Gasteiger partial charge in [-0.05, 0) is 6.20 Å². The van der Waals surface area contributed by atoms with Gasteiger partial charge in [0.15, 0.2) is 0 Å². The van der Waals surface area contributed by atoms with Gasteiger partial charge >= 0.3 is 0 Å². The Morgan fingerprint density at radius 1 is 1.50 bits per heavy atom. The quantitative estimate of drug-likeness (QED) is 0.466. The van der Waals surface area contributed by atoms with Crippen molar-refractivity contribution in [3.63, 3.8) is 0 Å². The van der Waals surface area contributed by atoms with Crippen molar-refractivity contribution in [1.82, 2.24) is 4.90 Å². The Balaban J connectivity index is 0. The van der Waals surface area contributed by atoms with E-state index in [0.717, 1.165) is 0 Å². The molecule has 0 aliphatic rings. The van der Waals surface area contributed by atoms with Crippen LogP contribution in [0.2, 0.25) is 0 Å². The molecule has 0 rings (SSSR count). The van der Waals surface area contributed by atoms with Gasteiger partial charge in [-0.25, -0.2) is 0 Å². The van der Waals surface area contributed by atoms with Crippen LogP contribution in [0, 0.1) is 0 Å². The molecular formula is C5H13N. The molecule has 0 fully saturated rings. The van der Waals surface area contributed by atoms with Crippen LogP contribution < -0.4 is 0 Å². The van der Waals surface area contributed by atoms with E-state index < -0.39 is 0 Å². The minimum Gasteiger partial charge on any atom is -0.384 e. The van der Waals surface area contributed by atoms with Gasteiger partial charge in [0.05, 0.1) is 0 Å². The molecule has 0 aromatic rings. The molecule has 0 saturated heterocycles.